The van der Waals surface area contributed by atoms with E-state index >= 15 is 0 Å². The molecule has 1 aliphatic rings. The molecule has 0 amide bonds. The minimum absolute atomic E-state index is 0.0495. The van der Waals surface area contributed by atoms with Crippen LogP contribution in [0.2, 0.25) is 0 Å². The third-order valence-electron chi connectivity index (χ3n) is 5.13. The van der Waals surface area contributed by atoms with E-state index < -0.39 is 10.0 Å². The molecule has 1 aliphatic heterocycles. The van der Waals surface area contributed by atoms with E-state index in [-0.39, 0.29) is 16.8 Å². The zero-order valence-corrected chi connectivity index (χ0v) is 17.6. The van der Waals surface area contributed by atoms with Gasteiger partial charge in [0.1, 0.15) is 11.6 Å². The van der Waals surface area contributed by atoms with E-state index in [4.69, 9.17) is 8.94 Å². The average molecular weight is 434 g/mol. The Morgan fingerprint density at radius 1 is 1.27 bits per heavy atom. The molecule has 0 spiro atoms. The highest BCUT2D eigenvalue weighted by molar-refractivity contribution is 7.88. The normalized spacial score (nSPS) is 18.2. The molecule has 0 N–H and O–H groups in total. The van der Waals surface area contributed by atoms with Gasteiger partial charge in [0.15, 0.2) is 0 Å². The highest BCUT2D eigenvalue weighted by Crippen LogP contribution is 2.29. The van der Waals surface area contributed by atoms with Crippen molar-refractivity contribution in [2.45, 2.75) is 30.4 Å². The second kappa shape index (κ2) is 8.29. The number of sulfonamides is 1. The summed E-state index contributed by atoms with van der Waals surface area (Å²) in [5.41, 5.74) is 0.572. The molecule has 1 saturated heterocycles. The molecule has 1 unspecified atom stereocenters. The van der Waals surface area contributed by atoms with Gasteiger partial charge in [0.05, 0.1) is 12.5 Å². The second-order valence-corrected chi connectivity index (χ2v) is 9.63. The first-order valence-corrected chi connectivity index (χ1v) is 11.1. The summed E-state index contributed by atoms with van der Waals surface area (Å²) in [4.78, 5) is 6.63. The Labute approximate surface area is 174 Å². The summed E-state index contributed by atoms with van der Waals surface area (Å²) in [5, 5.41) is 3.94. The van der Waals surface area contributed by atoms with Crippen molar-refractivity contribution in [3.05, 3.63) is 53.9 Å². The Bertz CT molecular complexity index is 1130. The Balaban J connectivity index is 1.44. The van der Waals surface area contributed by atoms with Crippen LogP contribution in [-0.2, 0) is 16.6 Å². The monoisotopic (exact) mass is 434 g/mol. The zero-order chi connectivity index (χ0) is 21.3. The number of rotatable bonds is 6. The predicted octanol–water partition coefficient (Wildman–Crippen LogP) is 3.10. The van der Waals surface area contributed by atoms with E-state index in [1.165, 1.54) is 32.3 Å². The van der Waals surface area contributed by atoms with E-state index in [9.17, 15) is 12.8 Å². The number of nitrogens with zero attached hydrogens (tertiary/aromatic N) is 4. The van der Waals surface area contributed by atoms with Crippen molar-refractivity contribution < 1.29 is 21.7 Å². The number of furan rings is 1. The van der Waals surface area contributed by atoms with Crippen molar-refractivity contribution in [2.24, 2.45) is 0 Å². The van der Waals surface area contributed by atoms with Gasteiger partial charge in [-0.1, -0.05) is 17.3 Å². The fourth-order valence-corrected chi connectivity index (χ4v) is 4.34. The van der Waals surface area contributed by atoms with Crippen molar-refractivity contribution in [2.75, 3.05) is 27.2 Å². The molecule has 10 heteroatoms. The van der Waals surface area contributed by atoms with Crippen LogP contribution in [0, 0.1) is 5.82 Å². The topological polar surface area (TPSA) is 92.7 Å². The van der Waals surface area contributed by atoms with Gasteiger partial charge in [0.2, 0.25) is 16.8 Å². The summed E-state index contributed by atoms with van der Waals surface area (Å²) < 4.78 is 50.0. The Morgan fingerprint density at radius 3 is 2.87 bits per heavy atom. The van der Waals surface area contributed by atoms with Gasteiger partial charge in [-0.15, -0.1) is 0 Å². The SMILES string of the molecule is CN(C)S(=O)(=O)c1ccc(CN2CCCC(c3nc(-c4cccc(F)c4)no3)C2)o1. The minimum Gasteiger partial charge on any atom is -0.447 e. The fourth-order valence-electron chi connectivity index (χ4n) is 3.53. The van der Waals surface area contributed by atoms with Gasteiger partial charge in [-0.25, -0.2) is 17.1 Å². The minimum atomic E-state index is -3.59. The summed E-state index contributed by atoms with van der Waals surface area (Å²) in [6, 6.07) is 9.26. The van der Waals surface area contributed by atoms with E-state index in [1.54, 1.807) is 18.2 Å². The van der Waals surface area contributed by atoms with Crippen LogP contribution in [0.1, 0.15) is 30.4 Å². The maximum absolute atomic E-state index is 13.5. The van der Waals surface area contributed by atoms with Crippen molar-refractivity contribution in [3.63, 3.8) is 0 Å². The molecule has 1 atom stereocenters. The van der Waals surface area contributed by atoms with Crippen LogP contribution >= 0.6 is 0 Å². The molecule has 160 valence electrons. The smallest absolute Gasteiger partial charge is 0.275 e. The predicted molar refractivity (Wildman–Crippen MR) is 107 cm³/mol. The van der Waals surface area contributed by atoms with Gasteiger partial charge in [-0.2, -0.15) is 4.98 Å². The molecule has 3 heterocycles. The lowest BCUT2D eigenvalue weighted by Crippen LogP contribution is -2.33. The number of piperidine rings is 1. The third-order valence-corrected chi connectivity index (χ3v) is 6.82. The molecule has 3 aromatic rings. The Kier molecular flexibility index (Phi) is 5.72. The Hall–Kier alpha value is -2.56. The molecule has 1 fully saturated rings. The van der Waals surface area contributed by atoms with Crippen molar-refractivity contribution >= 4 is 10.0 Å². The molecule has 2 aromatic heterocycles. The largest absolute Gasteiger partial charge is 0.447 e. The van der Waals surface area contributed by atoms with Gasteiger partial charge in [0.25, 0.3) is 10.0 Å². The van der Waals surface area contributed by atoms with Crippen LogP contribution in [0.15, 0.2) is 50.4 Å². The fraction of sp³-hybridized carbons (Fsp3) is 0.400. The molecule has 0 bridgehead atoms. The van der Waals surface area contributed by atoms with Crippen LogP contribution in [0.25, 0.3) is 11.4 Å². The molecular weight excluding hydrogens is 411 g/mol. The lowest BCUT2D eigenvalue weighted by atomic mass is 9.98. The number of hydrogen-bond donors (Lipinski definition) is 0. The van der Waals surface area contributed by atoms with Crippen LogP contribution in [0.5, 0.6) is 0 Å². The molecule has 0 saturated carbocycles. The van der Waals surface area contributed by atoms with Crippen LogP contribution in [0.4, 0.5) is 4.39 Å². The summed E-state index contributed by atoms with van der Waals surface area (Å²) in [6.07, 6.45) is 1.84. The number of benzene rings is 1. The number of likely N-dealkylation sites (tertiary alicyclic amines) is 1. The molecule has 8 nitrogen and oxygen atoms in total. The average Bonchev–Trinajstić information content (AvgIpc) is 3.38. The number of hydrogen-bond acceptors (Lipinski definition) is 7. The first kappa shape index (κ1) is 20.7. The zero-order valence-electron chi connectivity index (χ0n) is 16.8. The van der Waals surface area contributed by atoms with Crippen molar-refractivity contribution in [3.8, 4) is 11.4 Å². The summed E-state index contributed by atoms with van der Waals surface area (Å²) in [7, 11) is -0.654. The Morgan fingerprint density at radius 2 is 2.10 bits per heavy atom. The molecule has 0 radical (unpaired) electrons. The van der Waals surface area contributed by atoms with Gasteiger partial charge < -0.3 is 8.94 Å². The standard InChI is InChI=1S/C20H23FN4O4S/c1-24(2)30(26,27)18-9-8-17(28-18)13-25-10-4-6-15(12-25)20-22-19(23-29-20)14-5-3-7-16(21)11-14/h3,5,7-9,11,15H,4,6,10,12-13H2,1-2H3. The first-order valence-electron chi connectivity index (χ1n) is 9.66. The van der Waals surface area contributed by atoms with Crippen LogP contribution < -0.4 is 0 Å². The molecule has 30 heavy (non-hydrogen) atoms. The molecular formula is C20H23FN4O4S. The van der Waals surface area contributed by atoms with Gasteiger partial charge in [0, 0.05) is 26.2 Å². The highest BCUT2D eigenvalue weighted by Gasteiger charge is 2.28. The van der Waals surface area contributed by atoms with Gasteiger partial charge >= 0.3 is 0 Å². The van der Waals surface area contributed by atoms with E-state index in [0.29, 0.717) is 36.1 Å². The maximum Gasteiger partial charge on any atom is 0.275 e. The number of halogens is 1. The van der Waals surface area contributed by atoms with Crippen LogP contribution in [0.3, 0.4) is 0 Å². The quantitative estimate of drug-likeness (QED) is 0.589. The molecule has 4 rings (SSSR count). The summed E-state index contributed by atoms with van der Waals surface area (Å²) in [6.45, 7) is 2.03. The molecule has 0 aliphatic carbocycles. The van der Waals surface area contributed by atoms with Gasteiger partial charge in [-0.3, -0.25) is 4.90 Å². The van der Waals surface area contributed by atoms with E-state index in [1.807, 2.05) is 0 Å². The summed E-state index contributed by atoms with van der Waals surface area (Å²) in [5.74, 6) is 1.17. The second-order valence-electron chi connectivity index (χ2n) is 7.55. The van der Waals surface area contributed by atoms with E-state index in [0.717, 1.165) is 23.7 Å². The van der Waals surface area contributed by atoms with Crippen LogP contribution in [-0.4, -0.2) is 54.9 Å². The number of aromatic nitrogens is 2. The maximum atomic E-state index is 13.5. The lowest BCUT2D eigenvalue weighted by molar-refractivity contribution is 0.166. The van der Waals surface area contributed by atoms with Crippen molar-refractivity contribution in [1.82, 2.24) is 19.3 Å². The van der Waals surface area contributed by atoms with E-state index in [2.05, 4.69) is 15.0 Å². The third kappa shape index (κ3) is 4.30. The highest BCUT2D eigenvalue weighted by atomic mass is 32.2. The summed E-state index contributed by atoms with van der Waals surface area (Å²) >= 11 is 0. The first-order chi connectivity index (χ1) is 14.3. The van der Waals surface area contributed by atoms with Gasteiger partial charge in [-0.05, 0) is 43.7 Å². The molecule has 1 aromatic carbocycles. The van der Waals surface area contributed by atoms with Crippen molar-refractivity contribution in [1.29, 1.82) is 0 Å². The lowest BCUT2D eigenvalue weighted by Gasteiger charge is -2.30.